The molecule has 1 saturated heterocycles. The molecule has 1 aliphatic rings. The van der Waals surface area contributed by atoms with Crippen LogP contribution in [0, 0.1) is 6.92 Å². The van der Waals surface area contributed by atoms with E-state index in [4.69, 9.17) is 16.0 Å². The van der Waals surface area contributed by atoms with Crippen LogP contribution in [0.4, 0.5) is 4.79 Å². The number of aryl methyl sites for hydroxylation is 1. The minimum atomic E-state index is -0.629. The maximum atomic E-state index is 12.7. The number of nitrogens with zero attached hydrogens (tertiary/aromatic N) is 1. The molecule has 6 nitrogen and oxygen atoms in total. The Labute approximate surface area is 180 Å². The molecule has 2 aromatic carbocycles. The Morgan fingerprint density at radius 3 is 2.60 bits per heavy atom. The first-order chi connectivity index (χ1) is 14.3. The van der Waals surface area contributed by atoms with E-state index in [0.717, 1.165) is 10.5 Å². The van der Waals surface area contributed by atoms with E-state index in [1.165, 1.54) is 24.5 Å². The van der Waals surface area contributed by atoms with Crippen LogP contribution >= 0.6 is 23.4 Å². The fourth-order valence-electron chi connectivity index (χ4n) is 3.01. The maximum Gasteiger partial charge on any atom is 0.293 e. The summed E-state index contributed by atoms with van der Waals surface area (Å²) in [5.41, 5.74) is 1.52. The van der Waals surface area contributed by atoms with E-state index >= 15 is 0 Å². The fraction of sp³-hybridized carbons (Fsp3) is 0.0909. The minimum absolute atomic E-state index is 0.0585. The van der Waals surface area contributed by atoms with Crippen molar-refractivity contribution in [2.45, 2.75) is 6.92 Å². The van der Waals surface area contributed by atoms with Crippen LogP contribution < -0.4 is 5.43 Å². The molecule has 2 heterocycles. The van der Waals surface area contributed by atoms with Gasteiger partial charge in [-0.15, -0.1) is 0 Å². The van der Waals surface area contributed by atoms with Gasteiger partial charge in [0.25, 0.3) is 11.1 Å². The van der Waals surface area contributed by atoms with Crippen LogP contribution in [-0.4, -0.2) is 28.4 Å². The third kappa shape index (κ3) is 3.81. The Hall–Kier alpha value is -3.16. The van der Waals surface area contributed by atoms with Crippen molar-refractivity contribution in [1.82, 2.24) is 4.90 Å². The highest BCUT2D eigenvalue weighted by molar-refractivity contribution is 8.18. The van der Waals surface area contributed by atoms with Crippen molar-refractivity contribution in [2.24, 2.45) is 0 Å². The lowest BCUT2D eigenvalue weighted by atomic mass is 10.1. The summed E-state index contributed by atoms with van der Waals surface area (Å²) in [6.07, 6.45) is 2.58. The number of halogens is 1. The topological polar surface area (TPSA) is 84.7 Å². The molecule has 4 rings (SSSR count). The molecule has 0 aliphatic carbocycles. The number of imide groups is 1. The average Bonchev–Trinajstić information content (AvgIpc) is 2.98. The van der Waals surface area contributed by atoms with Crippen LogP contribution in [0.25, 0.3) is 17.0 Å². The molecule has 1 fully saturated rings. The van der Waals surface area contributed by atoms with Crippen LogP contribution in [0.5, 0.6) is 0 Å². The molecule has 1 aliphatic heterocycles. The number of hydrogen-bond donors (Lipinski definition) is 0. The number of fused-ring (bicyclic) bond motifs is 1. The van der Waals surface area contributed by atoms with Crippen molar-refractivity contribution >= 4 is 57.3 Å². The zero-order valence-electron chi connectivity index (χ0n) is 15.7. The van der Waals surface area contributed by atoms with Crippen LogP contribution in [-0.2, 0) is 4.79 Å². The Bertz CT molecular complexity index is 1290. The van der Waals surface area contributed by atoms with Gasteiger partial charge in [-0.3, -0.25) is 24.1 Å². The van der Waals surface area contributed by atoms with E-state index in [-0.39, 0.29) is 15.9 Å². The highest BCUT2D eigenvalue weighted by Crippen LogP contribution is 2.32. The van der Waals surface area contributed by atoms with Gasteiger partial charge in [-0.1, -0.05) is 23.2 Å². The maximum absolute atomic E-state index is 12.7. The van der Waals surface area contributed by atoms with Crippen molar-refractivity contribution in [3.63, 3.8) is 0 Å². The zero-order chi connectivity index (χ0) is 21.4. The lowest BCUT2D eigenvalue weighted by Crippen LogP contribution is -2.33. The second-order valence-corrected chi connectivity index (χ2v) is 8.15. The highest BCUT2D eigenvalue weighted by Gasteiger charge is 2.36. The summed E-state index contributed by atoms with van der Waals surface area (Å²) < 4.78 is 5.48. The summed E-state index contributed by atoms with van der Waals surface area (Å²) in [5.74, 6) is -1.02. The molecular weight excluding hydrogens is 426 g/mol. The first kappa shape index (κ1) is 20.1. The average molecular weight is 440 g/mol. The predicted molar refractivity (Wildman–Crippen MR) is 116 cm³/mol. The minimum Gasteiger partial charge on any atom is -0.463 e. The van der Waals surface area contributed by atoms with E-state index < -0.39 is 23.5 Å². The van der Waals surface area contributed by atoms with E-state index in [9.17, 15) is 19.2 Å². The first-order valence-electron chi connectivity index (χ1n) is 8.90. The van der Waals surface area contributed by atoms with E-state index in [0.29, 0.717) is 33.3 Å². The number of hydrogen-bond acceptors (Lipinski definition) is 6. The van der Waals surface area contributed by atoms with E-state index in [1.807, 2.05) is 13.0 Å². The smallest absolute Gasteiger partial charge is 0.293 e. The zero-order valence-corrected chi connectivity index (χ0v) is 17.3. The number of carbonyl (C=O) groups is 3. The monoisotopic (exact) mass is 439 g/mol. The molecule has 0 bridgehead atoms. The SMILES string of the molecule is Cc1ccc2occ(/C=C3\SC(=O)N(CC(=O)c4ccc(Cl)cc4)C3=O)c(=O)c2c1. The molecule has 150 valence electrons. The number of benzene rings is 2. The third-order valence-corrected chi connectivity index (χ3v) is 5.74. The largest absolute Gasteiger partial charge is 0.463 e. The summed E-state index contributed by atoms with van der Waals surface area (Å²) in [4.78, 5) is 51.1. The van der Waals surface area contributed by atoms with E-state index in [2.05, 4.69) is 0 Å². The van der Waals surface area contributed by atoms with Crippen LogP contribution in [0.1, 0.15) is 21.5 Å². The molecule has 3 aromatic rings. The summed E-state index contributed by atoms with van der Waals surface area (Å²) in [6, 6.07) is 11.4. The van der Waals surface area contributed by atoms with Gasteiger partial charge < -0.3 is 4.42 Å². The van der Waals surface area contributed by atoms with E-state index in [1.54, 1.807) is 24.3 Å². The van der Waals surface area contributed by atoms with Gasteiger partial charge in [-0.05, 0) is 61.2 Å². The van der Waals surface area contributed by atoms with Crippen molar-refractivity contribution < 1.29 is 18.8 Å². The molecule has 0 N–H and O–H groups in total. The Balaban J connectivity index is 1.61. The molecule has 0 spiro atoms. The first-order valence-corrected chi connectivity index (χ1v) is 10.1. The lowest BCUT2D eigenvalue weighted by Gasteiger charge is -2.11. The number of rotatable bonds is 4. The fourth-order valence-corrected chi connectivity index (χ4v) is 3.96. The molecule has 0 unspecified atom stereocenters. The normalized spacial score (nSPS) is 15.4. The number of ketones is 1. The molecule has 1 aromatic heterocycles. The van der Waals surface area contributed by atoms with Crippen molar-refractivity contribution in [3.05, 3.63) is 85.6 Å². The summed E-state index contributed by atoms with van der Waals surface area (Å²) in [6.45, 7) is 1.46. The van der Waals surface area contributed by atoms with Gasteiger partial charge in [0.1, 0.15) is 11.8 Å². The highest BCUT2D eigenvalue weighted by atomic mass is 35.5. The van der Waals surface area contributed by atoms with Crippen molar-refractivity contribution in [1.29, 1.82) is 0 Å². The van der Waals surface area contributed by atoms with Crippen molar-refractivity contribution in [3.8, 4) is 0 Å². The molecule has 0 atom stereocenters. The number of carbonyl (C=O) groups excluding carboxylic acids is 3. The molecule has 8 heteroatoms. The van der Waals surface area contributed by atoms with Crippen LogP contribution in [0.15, 0.2) is 62.8 Å². The summed E-state index contributed by atoms with van der Waals surface area (Å²) >= 11 is 6.49. The quantitative estimate of drug-likeness (QED) is 0.433. The van der Waals surface area contributed by atoms with Crippen molar-refractivity contribution in [2.75, 3.05) is 6.54 Å². The molecular formula is C22H14ClNO5S. The van der Waals surface area contributed by atoms with Crippen LogP contribution in [0.3, 0.4) is 0 Å². The molecule has 0 radical (unpaired) electrons. The van der Waals surface area contributed by atoms with Gasteiger partial charge >= 0.3 is 0 Å². The van der Waals surface area contributed by atoms with Gasteiger partial charge in [0.05, 0.1) is 22.4 Å². The molecule has 0 saturated carbocycles. The Morgan fingerprint density at radius 1 is 1.13 bits per heavy atom. The summed E-state index contributed by atoms with van der Waals surface area (Å²) in [5, 5.41) is 0.292. The molecule has 2 amide bonds. The number of amides is 2. The lowest BCUT2D eigenvalue weighted by molar-refractivity contribution is -0.122. The standard InChI is InChI=1S/C22H14ClNO5S/c1-12-2-7-18-16(8-12)20(26)14(11-29-18)9-19-21(27)24(22(28)30-19)10-17(25)13-3-5-15(23)6-4-13/h2-9,11H,10H2,1H3/b19-9-. The molecule has 30 heavy (non-hydrogen) atoms. The number of thioether (sulfide) groups is 1. The van der Waals surface area contributed by atoms with Gasteiger partial charge in [0.15, 0.2) is 11.2 Å². The van der Waals surface area contributed by atoms with Gasteiger partial charge in [0.2, 0.25) is 0 Å². The third-order valence-electron chi connectivity index (χ3n) is 4.58. The van der Waals surface area contributed by atoms with Gasteiger partial charge in [0, 0.05) is 10.6 Å². The predicted octanol–water partition coefficient (Wildman–Crippen LogP) is 4.67. The summed E-state index contributed by atoms with van der Waals surface area (Å²) in [7, 11) is 0. The second kappa shape index (κ2) is 7.93. The van der Waals surface area contributed by atoms with Crippen LogP contribution in [0.2, 0.25) is 5.02 Å². The Morgan fingerprint density at radius 2 is 1.87 bits per heavy atom. The van der Waals surface area contributed by atoms with Gasteiger partial charge in [-0.2, -0.15) is 0 Å². The second-order valence-electron chi connectivity index (χ2n) is 6.72. The Kier molecular flexibility index (Phi) is 5.32. The van der Waals surface area contributed by atoms with Gasteiger partial charge in [-0.25, -0.2) is 0 Å². The number of Topliss-reactive ketones (excluding diaryl/α,β-unsaturated/α-hetero) is 1.